The second-order valence-corrected chi connectivity index (χ2v) is 17.4. The highest BCUT2D eigenvalue weighted by Gasteiger charge is 2.50. The Morgan fingerprint density at radius 2 is 1.66 bits per heavy atom. The minimum atomic E-state index is -2.72. The van der Waals surface area contributed by atoms with Crippen LogP contribution in [0.1, 0.15) is 58.1 Å². The van der Waals surface area contributed by atoms with Gasteiger partial charge in [0.1, 0.15) is 16.8 Å². The third kappa shape index (κ3) is 7.80. The minimum Gasteiger partial charge on any atom is -0.496 e. The van der Waals surface area contributed by atoms with Crippen LogP contribution in [0.2, 0.25) is 5.04 Å². The van der Waals surface area contributed by atoms with Crippen LogP contribution in [0.5, 0.6) is 5.75 Å². The Labute approximate surface area is 294 Å². The molecule has 12 heteroatoms. The van der Waals surface area contributed by atoms with E-state index in [4.69, 9.17) is 18.9 Å². The molecule has 5 aromatic rings. The molecule has 2 aromatic heterocycles. The lowest BCUT2D eigenvalue weighted by molar-refractivity contribution is 0.186. The monoisotopic (exact) mass is 691 g/mol. The van der Waals surface area contributed by atoms with Gasteiger partial charge in [0.05, 0.1) is 38.6 Å². The highest BCUT2D eigenvalue weighted by molar-refractivity contribution is 6.99. The van der Waals surface area contributed by atoms with Gasteiger partial charge in [-0.25, -0.2) is 9.78 Å². The summed E-state index contributed by atoms with van der Waals surface area (Å²) in [6.45, 7) is 9.85. The van der Waals surface area contributed by atoms with Crippen molar-refractivity contribution in [1.29, 1.82) is 5.26 Å². The van der Waals surface area contributed by atoms with Crippen molar-refractivity contribution in [3.8, 4) is 11.8 Å². The fourth-order valence-corrected chi connectivity index (χ4v) is 11.0. The maximum absolute atomic E-state index is 12.2. The minimum absolute atomic E-state index is 0.0184. The summed E-state index contributed by atoms with van der Waals surface area (Å²) in [6.07, 6.45) is 3.46. The number of aromatic nitrogens is 4. The predicted molar refractivity (Wildman–Crippen MR) is 199 cm³/mol. The smallest absolute Gasteiger partial charge is 0.413 e. The average molecular weight is 692 g/mol. The average Bonchev–Trinajstić information content (AvgIpc) is 3.53. The summed E-state index contributed by atoms with van der Waals surface area (Å²) < 4.78 is 19.4. The van der Waals surface area contributed by atoms with E-state index in [1.807, 2.05) is 18.2 Å². The van der Waals surface area contributed by atoms with Gasteiger partial charge in [0.2, 0.25) is 5.95 Å². The summed E-state index contributed by atoms with van der Waals surface area (Å²) in [7, 11) is 0.142. The molecule has 0 aliphatic heterocycles. The number of carbonyl (C=O) groups excluding carboxylic acids is 1. The van der Waals surface area contributed by atoms with Crippen molar-refractivity contribution < 1.29 is 18.7 Å². The summed E-state index contributed by atoms with van der Waals surface area (Å²) in [5.74, 6) is 1.20. The standard InChI is InChI=1S/C38H45N7O4Si/c1-7-14-29(21-22-49-50(38(2,3)4,30-15-10-8-11-16-30)31-17-12-9-13-18-31)41-35-34-32(42-36(43-35)44-37(46)48-6)25-40-45(34)26-28-20-19-27(24-39)23-33(28)47-5/h8-13,15-20,23,25,29H,7,14,21-22,26H2,1-6H3,(H2,41,42,43,44,46)/t29-/m0/s1. The first-order chi connectivity index (χ1) is 24.1. The Kier molecular flexibility index (Phi) is 11.5. The largest absolute Gasteiger partial charge is 0.496 e. The molecule has 0 aliphatic carbocycles. The molecule has 0 unspecified atom stereocenters. The summed E-state index contributed by atoms with van der Waals surface area (Å²) in [5, 5.41) is 22.6. The fraction of sp³-hybridized carbons (Fsp3) is 0.342. The molecule has 0 spiro atoms. The Hall–Kier alpha value is -5.25. The normalized spacial score (nSPS) is 12.3. The van der Waals surface area contributed by atoms with Crippen LogP contribution in [0.15, 0.2) is 85.1 Å². The number of hydrogen-bond donors (Lipinski definition) is 2. The molecule has 1 atom stereocenters. The van der Waals surface area contributed by atoms with Crippen molar-refractivity contribution >= 4 is 47.6 Å². The highest BCUT2D eigenvalue weighted by Crippen LogP contribution is 2.37. The predicted octanol–water partition coefficient (Wildman–Crippen LogP) is 6.48. The van der Waals surface area contributed by atoms with Crippen LogP contribution in [-0.4, -0.2) is 61.0 Å². The first-order valence-electron chi connectivity index (χ1n) is 16.8. The molecule has 50 heavy (non-hydrogen) atoms. The molecule has 260 valence electrons. The number of hydrogen-bond acceptors (Lipinski definition) is 9. The first-order valence-corrected chi connectivity index (χ1v) is 18.7. The van der Waals surface area contributed by atoms with Crippen LogP contribution in [0.3, 0.4) is 0 Å². The van der Waals surface area contributed by atoms with Crippen LogP contribution in [0, 0.1) is 11.3 Å². The van der Waals surface area contributed by atoms with Crippen LogP contribution in [0.4, 0.5) is 16.6 Å². The molecule has 2 heterocycles. The summed E-state index contributed by atoms with van der Waals surface area (Å²) in [6, 6.07) is 28.7. The Balaban J connectivity index is 1.49. The fourth-order valence-electron chi connectivity index (χ4n) is 6.47. The number of benzene rings is 3. The topological polar surface area (TPSA) is 136 Å². The van der Waals surface area contributed by atoms with Gasteiger partial charge in [-0.15, -0.1) is 0 Å². The van der Waals surface area contributed by atoms with E-state index in [9.17, 15) is 10.1 Å². The van der Waals surface area contributed by atoms with Gasteiger partial charge in [0, 0.05) is 18.2 Å². The molecule has 2 N–H and O–H groups in total. The molecule has 0 aliphatic rings. The van der Waals surface area contributed by atoms with Crippen LogP contribution in [-0.2, 0) is 15.7 Å². The Bertz CT molecular complexity index is 1900. The molecule has 0 bridgehead atoms. The molecular formula is C38H45N7O4Si. The molecule has 1 amide bonds. The number of nitriles is 1. The SMILES string of the molecule is CCC[C@@H](CCO[Si](c1ccccc1)(c1ccccc1)C(C)(C)C)Nc1nc(NC(=O)OC)nc2cnn(Cc3ccc(C#N)cc3OC)c12. The number of carbonyl (C=O) groups is 1. The molecule has 0 saturated heterocycles. The van der Waals surface area contributed by atoms with E-state index in [0.717, 1.165) is 18.4 Å². The maximum Gasteiger partial charge on any atom is 0.413 e. The Morgan fingerprint density at radius 3 is 2.24 bits per heavy atom. The van der Waals surface area contributed by atoms with E-state index in [-0.39, 0.29) is 17.0 Å². The van der Waals surface area contributed by atoms with Crippen molar-refractivity contribution in [3.05, 3.63) is 96.2 Å². The number of nitrogens with one attached hydrogen (secondary N) is 2. The van der Waals surface area contributed by atoms with E-state index < -0.39 is 14.4 Å². The zero-order valence-electron chi connectivity index (χ0n) is 29.6. The van der Waals surface area contributed by atoms with Gasteiger partial charge < -0.3 is 19.2 Å². The zero-order chi connectivity index (χ0) is 35.7. The van der Waals surface area contributed by atoms with Gasteiger partial charge in [0.15, 0.2) is 5.82 Å². The number of amides is 1. The van der Waals surface area contributed by atoms with E-state index >= 15 is 0 Å². The van der Waals surface area contributed by atoms with Gasteiger partial charge in [-0.1, -0.05) is 101 Å². The van der Waals surface area contributed by atoms with Crippen LogP contribution in [0.25, 0.3) is 11.0 Å². The lowest BCUT2D eigenvalue weighted by Crippen LogP contribution is -2.66. The van der Waals surface area contributed by atoms with Crippen LogP contribution >= 0.6 is 0 Å². The zero-order valence-corrected chi connectivity index (χ0v) is 30.6. The summed E-state index contributed by atoms with van der Waals surface area (Å²) >= 11 is 0. The van der Waals surface area contributed by atoms with Gasteiger partial charge in [-0.3, -0.25) is 10.00 Å². The second kappa shape index (κ2) is 16.0. The molecule has 11 nitrogen and oxygen atoms in total. The number of rotatable bonds is 14. The molecular weight excluding hydrogens is 647 g/mol. The summed E-state index contributed by atoms with van der Waals surface area (Å²) in [4.78, 5) is 21.5. The highest BCUT2D eigenvalue weighted by atomic mass is 28.4. The number of anilines is 2. The van der Waals surface area contributed by atoms with Gasteiger partial charge in [0.25, 0.3) is 8.32 Å². The first kappa shape index (κ1) is 36.0. The van der Waals surface area contributed by atoms with Crippen LogP contribution < -0.4 is 25.7 Å². The van der Waals surface area contributed by atoms with Gasteiger partial charge in [-0.05, 0) is 40.4 Å². The van der Waals surface area contributed by atoms with E-state index in [2.05, 4.69) is 103 Å². The number of ether oxygens (including phenoxy) is 2. The number of fused-ring (bicyclic) bond motifs is 1. The van der Waals surface area contributed by atoms with Crippen molar-refractivity contribution in [2.75, 3.05) is 31.5 Å². The van der Waals surface area contributed by atoms with E-state index in [1.165, 1.54) is 17.5 Å². The lowest BCUT2D eigenvalue weighted by Gasteiger charge is -2.43. The number of nitrogens with zero attached hydrogens (tertiary/aromatic N) is 5. The van der Waals surface area contributed by atoms with Crippen molar-refractivity contribution in [2.24, 2.45) is 0 Å². The Morgan fingerprint density at radius 1 is 0.980 bits per heavy atom. The van der Waals surface area contributed by atoms with Crippen molar-refractivity contribution in [3.63, 3.8) is 0 Å². The third-order valence-electron chi connectivity index (χ3n) is 8.80. The third-order valence-corrected chi connectivity index (χ3v) is 13.8. The summed E-state index contributed by atoms with van der Waals surface area (Å²) in [5.41, 5.74) is 2.55. The second-order valence-electron chi connectivity index (χ2n) is 13.1. The van der Waals surface area contributed by atoms with E-state index in [1.54, 1.807) is 30.1 Å². The quantitative estimate of drug-likeness (QED) is 0.125. The molecule has 3 aromatic carbocycles. The maximum atomic E-state index is 12.2. The van der Waals surface area contributed by atoms with Gasteiger partial charge >= 0.3 is 6.09 Å². The molecule has 0 saturated carbocycles. The number of methoxy groups -OCH3 is 2. The van der Waals surface area contributed by atoms with Crippen molar-refractivity contribution in [2.45, 2.75) is 64.6 Å². The van der Waals surface area contributed by atoms with Crippen molar-refractivity contribution in [1.82, 2.24) is 19.7 Å². The molecule has 0 radical (unpaired) electrons. The molecule has 5 rings (SSSR count). The van der Waals surface area contributed by atoms with E-state index in [0.29, 0.717) is 47.7 Å². The van der Waals surface area contributed by atoms with Gasteiger partial charge in [-0.2, -0.15) is 15.3 Å². The lowest BCUT2D eigenvalue weighted by atomic mass is 10.1. The molecule has 0 fully saturated rings.